The second-order valence-electron chi connectivity index (χ2n) is 7.25. The van der Waals surface area contributed by atoms with Crippen molar-refractivity contribution in [1.29, 1.82) is 0 Å². The Labute approximate surface area is 181 Å². The minimum absolute atomic E-state index is 0.0784. The molecule has 158 valence electrons. The SMILES string of the molecule is O=C(c1cc(S(=O)(=O)N2CCOCC2)ccc1Cl)N1CC=C(c2ccccc2)CC1. The molecule has 2 aliphatic heterocycles. The van der Waals surface area contributed by atoms with Crippen LogP contribution in [0.25, 0.3) is 5.57 Å². The monoisotopic (exact) mass is 446 g/mol. The van der Waals surface area contributed by atoms with E-state index in [4.69, 9.17) is 16.3 Å². The van der Waals surface area contributed by atoms with Gasteiger partial charge in [0.25, 0.3) is 5.91 Å². The zero-order valence-corrected chi connectivity index (χ0v) is 18.0. The number of ether oxygens (including phenoxy) is 1. The van der Waals surface area contributed by atoms with Gasteiger partial charge in [-0.1, -0.05) is 48.0 Å². The largest absolute Gasteiger partial charge is 0.379 e. The summed E-state index contributed by atoms with van der Waals surface area (Å²) in [4.78, 5) is 14.9. The van der Waals surface area contributed by atoms with Gasteiger partial charge in [0.1, 0.15) is 0 Å². The molecular formula is C22H23ClN2O4S. The number of rotatable bonds is 4. The van der Waals surface area contributed by atoms with Crippen molar-refractivity contribution in [3.05, 3.63) is 70.8 Å². The van der Waals surface area contributed by atoms with Gasteiger partial charge in [0.2, 0.25) is 10.0 Å². The predicted octanol–water partition coefficient (Wildman–Crippen LogP) is 3.29. The third-order valence-corrected chi connectivity index (χ3v) is 7.64. The van der Waals surface area contributed by atoms with Crippen LogP contribution in [-0.2, 0) is 14.8 Å². The van der Waals surface area contributed by atoms with Crippen LogP contribution in [0.15, 0.2) is 59.5 Å². The van der Waals surface area contributed by atoms with Crippen molar-refractivity contribution in [2.75, 3.05) is 39.4 Å². The highest BCUT2D eigenvalue weighted by molar-refractivity contribution is 7.89. The lowest BCUT2D eigenvalue weighted by atomic mass is 9.99. The molecule has 6 nitrogen and oxygen atoms in total. The molecular weight excluding hydrogens is 424 g/mol. The Kier molecular flexibility index (Phi) is 6.24. The van der Waals surface area contributed by atoms with Crippen molar-refractivity contribution in [1.82, 2.24) is 9.21 Å². The maximum Gasteiger partial charge on any atom is 0.255 e. The molecule has 0 aliphatic carbocycles. The van der Waals surface area contributed by atoms with Crippen molar-refractivity contribution in [2.45, 2.75) is 11.3 Å². The molecule has 0 atom stereocenters. The van der Waals surface area contributed by atoms with Crippen molar-refractivity contribution >= 4 is 33.1 Å². The van der Waals surface area contributed by atoms with E-state index in [1.165, 1.54) is 28.1 Å². The maximum atomic E-state index is 13.1. The molecule has 0 spiro atoms. The molecule has 8 heteroatoms. The lowest BCUT2D eigenvalue weighted by Gasteiger charge is -2.28. The van der Waals surface area contributed by atoms with Gasteiger partial charge in [0.15, 0.2) is 0 Å². The van der Waals surface area contributed by atoms with Crippen LogP contribution in [0.5, 0.6) is 0 Å². The first-order valence-corrected chi connectivity index (χ1v) is 11.7. The highest BCUT2D eigenvalue weighted by atomic mass is 35.5. The van der Waals surface area contributed by atoms with Crippen LogP contribution in [0, 0.1) is 0 Å². The van der Waals surface area contributed by atoms with Crippen LogP contribution < -0.4 is 0 Å². The zero-order chi connectivity index (χ0) is 21.1. The van der Waals surface area contributed by atoms with Gasteiger partial charge in [0, 0.05) is 26.2 Å². The average Bonchev–Trinajstić information content (AvgIpc) is 2.80. The molecule has 0 unspecified atom stereocenters. The van der Waals surface area contributed by atoms with E-state index in [0.717, 1.165) is 12.0 Å². The summed E-state index contributed by atoms with van der Waals surface area (Å²) >= 11 is 6.28. The standard InChI is InChI=1S/C22H23ClN2O4S/c23-21-7-6-19(30(27,28)25-12-14-29-15-13-25)16-20(21)22(26)24-10-8-18(9-11-24)17-4-2-1-3-5-17/h1-8,16H,9-15H2. The number of carbonyl (C=O) groups is 1. The first-order valence-electron chi connectivity index (χ1n) is 9.88. The molecule has 0 bridgehead atoms. The van der Waals surface area contributed by atoms with Gasteiger partial charge in [0.05, 0.1) is 28.7 Å². The van der Waals surface area contributed by atoms with E-state index in [2.05, 4.69) is 12.1 Å². The van der Waals surface area contributed by atoms with Gasteiger partial charge in [-0.3, -0.25) is 4.79 Å². The molecule has 2 heterocycles. The molecule has 0 N–H and O–H groups in total. The van der Waals surface area contributed by atoms with Crippen molar-refractivity contribution < 1.29 is 17.9 Å². The number of hydrogen-bond acceptors (Lipinski definition) is 4. The average molecular weight is 447 g/mol. The predicted molar refractivity (Wildman–Crippen MR) is 116 cm³/mol. The van der Waals surface area contributed by atoms with E-state index in [-0.39, 0.29) is 21.4 Å². The Balaban J connectivity index is 1.55. The summed E-state index contributed by atoms with van der Waals surface area (Å²) in [7, 11) is -3.70. The van der Waals surface area contributed by atoms with E-state index in [1.807, 2.05) is 24.3 Å². The maximum absolute atomic E-state index is 13.1. The molecule has 2 aromatic carbocycles. The summed E-state index contributed by atoms with van der Waals surface area (Å²) in [5.41, 5.74) is 2.57. The number of morpholine rings is 1. The molecule has 0 aromatic heterocycles. The number of benzene rings is 2. The van der Waals surface area contributed by atoms with Crippen molar-refractivity contribution in [3.63, 3.8) is 0 Å². The summed E-state index contributed by atoms with van der Waals surface area (Å²) in [5, 5.41) is 0.249. The van der Waals surface area contributed by atoms with Crippen LogP contribution in [0.3, 0.4) is 0 Å². The molecule has 30 heavy (non-hydrogen) atoms. The Morgan fingerprint density at radius 2 is 1.73 bits per heavy atom. The van der Waals surface area contributed by atoms with Crippen molar-refractivity contribution in [2.24, 2.45) is 0 Å². The van der Waals surface area contributed by atoms with E-state index >= 15 is 0 Å². The fourth-order valence-electron chi connectivity index (χ4n) is 3.70. The third-order valence-electron chi connectivity index (χ3n) is 5.42. The fraction of sp³-hybridized carbons (Fsp3) is 0.318. The number of amides is 1. The Morgan fingerprint density at radius 1 is 1.00 bits per heavy atom. The van der Waals surface area contributed by atoms with E-state index in [0.29, 0.717) is 39.4 Å². The topological polar surface area (TPSA) is 66.9 Å². The highest BCUT2D eigenvalue weighted by Crippen LogP contribution is 2.27. The number of nitrogens with zero attached hydrogens (tertiary/aromatic N) is 2. The lowest BCUT2D eigenvalue weighted by Crippen LogP contribution is -2.40. The van der Waals surface area contributed by atoms with Crippen LogP contribution in [-0.4, -0.2) is 62.9 Å². The van der Waals surface area contributed by atoms with Gasteiger partial charge in [-0.05, 0) is 35.8 Å². The summed E-state index contributed by atoms with van der Waals surface area (Å²) in [6.07, 6.45) is 2.78. The second-order valence-corrected chi connectivity index (χ2v) is 9.60. The van der Waals surface area contributed by atoms with E-state index < -0.39 is 10.0 Å². The highest BCUT2D eigenvalue weighted by Gasteiger charge is 2.29. The van der Waals surface area contributed by atoms with Crippen LogP contribution in [0.4, 0.5) is 0 Å². The van der Waals surface area contributed by atoms with E-state index in [1.54, 1.807) is 4.90 Å². The lowest BCUT2D eigenvalue weighted by molar-refractivity contribution is 0.0730. The van der Waals surface area contributed by atoms with Crippen LogP contribution in [0.2, 0.25) is 5.02 Å². The van der Waals surface area contributed by atoms with Gasteiger partial charge in [-0.2, -0.15) is 4.31 Å². The fourth-order valence-corrected chi connectivity index (χ4v) is 5.34. The summed E-state index contributed by atoms with van der Waals surface area (Å²) in [6, 6.07) is 14.4. The quantitative estimate of drug-likeness (QED) is 0.722. The molecule has 2 aliphatic rings. The Hall–Kier alpha value is -2.19. The minimum atomic E-state index is -3.70. The Bertz CT molecular complexity index is 1060. The minimum Gasteiger partial charge on any atom is -0.379 e. The number of sulfonamides is 1. The molecule has 1 fully saturated rings. The number of hydrogen-bond donors (Lipinski definition) is 0. The summed E-state index contributed by atoms with van der Waals surface area (Å²) in [5.74, 6) is -0.262. The molecule has 1 saturated heterocycles. The molecule has 1 amide bonds. The second kappa shape index (κ2) is 8.89. The number of carbonyl (C=O) groups excluding carboxylic acids is 1. The molecule has 2 aromatic rings. The van der Waals surface area contributed by atoms with Crippen LogP contribution >= 0.6 is 11.6 Å². The van der Waals surface area contributed by atoms with Gasteiger partial charge < -0.3 is 9.64 Å². The Morgan fingerprint density at radius 3 is 2.40 bits per heavy atom. The van der Waals surface area contributed by atoms with Crippen molar-refractivity contribution in [3.8, 4) is 0 Å². The first kappa shape index (κ1) is 21.1. The van der Waals surface area contributed by atoms with Gasteiger partial charge in [-0.15, -0.1) is 0 Å². The third kappa shape index (κ3) is 4.30. The molecule has 0 radical (unpaired) electrons. The first-order chi connectivity index (χ1) is 14.5. The van der Waals surface area contributed by atoms with Gasteiger partial charge in [-0.25, -0.2) is 8.42 Å². The summed E-state index contributed by atoms with van der Waals surface area (Å²) < 4.78 is 32.5. The summed E-state index contributed by atoms with van der Waals surface area (Å²) in [6.45, 7) is 2.34. The smallest absolute Gasteiger partial charge is 0.255 e. The van der Waals surface area contributed by atoms with E-state index in [9.17, 15) is 13.2 Å². The van der Waals surface area contributed by atoms with Crippen LogP contribution in [0.1, 0.15) is 22.3 Å². The zero-order valence-electron chi connectivity index (χ0n) is 16.5. The van der Waals surface area contributed by atoms with Gasteiger partial charge >= 0.3 is 0 Å². The number of halogens is 1. The normalized spacial score (nSPS) is 18.2. The molecule has 0 saturated carbocycles. The molecule has 4 rings (SSSR count).